The van der Waals surface area contributed by atoms with Crippen molar-refractivity contribution in [2.75, 3.05) is 0 Å². The molecule has 0 heterocycles. The molecule has 0 aliphatic rings. The molecular formula is C80H136N2. The minimum absolute atomic E-state index is 0.952. The molecule has 2 rings (SSSR count). The van der Waals surface area contributed by atoms with Crippen LogP contribution in [-0.2, 0) is 0 Å². The van der Waals surface area contributed by atoms with E-state index in [1.54, 1.807) is 0 Å². The van der Waals surface area contributed by atoms with E-state index in [0.29, 0.717) is 0 Å². The zero-order valence-corrected chi connectivity index (χ0v) is 55.5. The van der Waals surface area contributed by atoms with Crippen LogP contribution in [0.3, 0.4) is 0 Å². The normalized spacial score (nSPS) is 11.8. The molecule has 0 aliphatic heterocycles. The maximum Gasteiger partial charge on any atom is 0.0634 e. The molecule has 0 amide bonds. The highest BCUT2D eigenvalue weighted by atomic mass is 14.8. The third kappa shape index (κ3) is 49.2. The third-order valence-electron chi connectivity index (χ3n) is 17.4. The third-order valence-corrected chi connectivity index (χ3v) is 17.4. The number of aliphatic imine (C=N–C) groups is 2. The Hall–Kier alpha value is -3.10. The monoisotopic (exact) mass is 1130 g/mol. The first-order valence-corrected chi connectivity index (χ1v) is 37.0. The lowest BCUT2D eigenvalue weighted by Crippen LogP contribution is -2.14. The molecule has 0 fully saturated rings. The lowest BCUT2D eigenvalue weighted by atomic mass is 10.0. The first kappa shape index (κ1) is 75.0. The Labute approximate surface area is 513 Å². The van der Waals surface area contributed by atoms with Gasteiger partial charge in [-0.15, -0.1) is 0 Å². The molecule has 0 spiro atoms. The molecule has 2 aromatic carbocycles. The standard InChI is InChI=1S/C80H136N2/c1-5-9-13-16-18-20-22-24-26-28-30-32-34-36-38-40-42-44-46-48-50-52-54-56-58-60-63-75-67-71-77(72-68-75)81-79(65-12-8-4)80(66-62-15-11-7-3)82-78-73-69-76(70-74-78)64-61-59-57-55-53-51-49-47-45-43-41-39-37-35-33-31-29-27-25-23-21-19-17-14-10-6-2/h67-74H,5-59,62,65-66H2,1-4H3. The predicted octanol–water partition coefficient (Wildman–Crippen LogP) is 27.9. The second kappa shape index (κ2) is 61.0. The van der Waals surface area contributed by atoms with Gasteiger partial charge in [-0.1, -0.05) is 372 Å². The summed E-state index contributed by atoms with van der Waals surface area (Å²) in [7, 11) is 0. The number of unbranched alkanes of at least 4 members (excludes halogenated alkanes) is 52. The van der Waals surface area contributed by atoms with Crippen molar-refractivity contribution < 1.29 is 0 Å². The molecule has 0 N–H and O–H groups in total. The van der Waals surface area contributed by atoms with Crippen LogP contribution in [0.2, 0.25) is 0 Å². The Morgan fingerprint density at radius 1 is 0.232 bits per heavy atom. The average molecular weight is 1130 g/mol. The summed E-state index contributed by atoms with van der Waals surface area (Å²) in [6.45, 7) is 9.18. The van der Waals surface area contributed by atoms with Gasteiger partial charge in [0.1, 0.15) is 0 Å². The van der Waals surface area contributed by atoms with Gasteiger partial charge in [-0.2, -0.15) is 0 Å². The van der Waals surface area contributed by atoms with Crippen molar-refractivity contribution in [3.05, 3.63) is 59.7 Å². The Kier molecular flexibility index (Phi) is 55.8. The number of hydrogen-bond donors (Lipinski definition) is 0. The maximum atomic E-state index is 5.30. The van der Waals surface area contributed by atoms with Gasteiger partial charge in [-0.05, 0) is 87.1 Å². The van der Waals surface area contributed by atoms with Crippen LogP contribution < -0.4 is 0 Å². The van der Waals surface area contributed by atoms with E-state index in [-0.39, 0.29) is 0 Å². The zero-order chi connectivity index (χ0) is 58.4. The van der Waals surface area contributed by atoms with Gasteiger partial charge in [0.2, 0.25) is 0 Å². The second-order valence-electron chi connectivity index (χ2n) is 25.5. The molecule has 0 saturated heterocycles. The number of benzene rings is 2. The summed E-state index contributed by atoms with van der Waals surface area (Å²) < 4.78 is 0. The number of nitrogens with zero attached hydrogens (tertiary/aromatic N) is 2. The molecule has 0 aromatic heterocycles. The maximum absolute atomic E-state index is 5.30. The largest absolute Gasteiger partial charge is 0.252 e. The highest BCUT2D eigenvalue weighted by Crippen LogP contribution is 2.23. The molecule has 0 unspecified atom stereocenters. The average Bonchev–Trinajstić information content (AvgIpc) is 3.49. The van der Waals surface area contributed by atoms with E-state index in [0.717, 1.165) is 78.9 Å². The zero-order valence-electron chi connectivity index (χ0n) is 55.5. The minimum atomic E-state index is 0.952. The van der Waals surface area contributed by atoms with E-state index < -0.39 is 0 Å². The summed E-state index contributed by atoms with van der Waals surface area (Å²) in [5, 5.41) is 0. The smallest absolute Gasteiger partial charge is 0.0634 e. The highest BCUT2D eigenvalue weighted by molar-refractivity contribution is 6.43. The van der Waals surface area contributed by atoms with Crippen LogP contribution in [0.4, 0.5) is 11.4 Å². The van der Waals surface area contributed by atoms with Crippen LogP contribution in [0.5, 0.6) is 0 Å². The molecule has 0 atom stereocenters. The predicted molar refractivity (Wildman–Crippen MR) is 371 cm³/mol. The summed E-state index contributed by atoms with van der Waals surface area (Å²) in [6.07, 6.45) is 79.7. The summed E-state index contributed by atoms with van der Waals surface area (Å²) in [5.41, 5.74) is 6.48. The van der Waals surface area contributed by atoms with Gasteiger partial charge in [0.25, 0.3) is 0 Å². The summed E-state index contributed by atoms with van der Waals surface area (Å²) in [6, 6.07) is 17.3. The van der Waals surface area contributed by atoms with Crippen molar-refractivity contribution in [3.8, 4) is 23.7 Å². The lowest BCUT2D eigenvalue weighted by molar-refractivity contribution is 0.517. The van der Waals surface area contributed by atoms with Crippen LogP contribution >= 0.6 is 0 Å². The van der Waals surface area contributed by atoms with Crippen molar-refractivity contribution in [1.29, 1.82) is 0 Å². The van der Waals surface area contributed by atoms with Crippen molar-refractivity contribution >= 4 is 22.8 Å². The van der Waals surface area contributed by atoms with Gasteiger partial charge < -0.3 is 0 Å². The molecule has 0 saturated carbocycles. The van der Waals surface area contributed by atoms with Gasteiger partial charge in [0, 0.05) is 24.0 Å². The first-order valence-electron chi connectivity index (χ1n) is 37.0. The molecule has 0 bridgehead atoms. The van der Waals surface area contributed by atoms with Crippen molar-refractivity contribution in [2.45, 2.75) is 400 Å². The van der Waals surface area contributed by atoms with Crippen LogP contribution in [0.25, 0.3) is 0 Å². The number of rotatable bonds is 59. The van der Waals surface area contributed by atoms with Crippen LogP contribution in [0.15, 0.2) is 58.5 Å². The van der Waals surface area contributed by atoms with E-state index in [9.17, 15) is 0 Å². The van der Waals surface area contributed by atoms with Gasteiger partial charge in [0.15, 0.2) is 0 Å². The van der Waals surface area contributed by atoms with Crippen LogP contribution in [-0.4, -0.2) is 11.4 Å². The van der Waals surface area contributed by atoms with Crippen molar-refractivity contribution in [3.63, 3.8) is 0 Å². The van der Waals surface area contributed by atoms with Gasteiger partial charge in [-0.3, -0.25) is 9.98 Å². The fourth-order valence-corrected chi connectivity index (χ4v) is 11.8. The van der Waals surface area contributed by atoms with Gasteiger partial charge >= 0.3 is 0 Å². The van der Waals surface area contributed by atoms with Crippen molar-refractivity contribution in [2.24, 2.45) is 9.98 Å². The Morgan fingerprint density at radius 3 is 0.659 bits per heavy atom. The molecule has 2 heteroatoms. The van der Waals surface area contributed by atoms with E-state index >= 15 is 0 Å². The molecule has 2 aromatic rings. The molecule has 466 valence electrons. The molecular weight excluding hydrogens is 989 g/mol. The van der Waals surface area contributed by atoms with E-state index in [2.05, 4.69) is 99.9 Å². The quantitative estimate of drug-likeness (QED) is 0.0358. The van der Waals surface area contributed by atoms with E-state index in [1.807, 2.05) is 0 Å². The minimum Gasteiger partial charge on any atom is -0.252 e. The van der Waals surface area contributed by atoms with Crippen LogP contribution in [0, 0.1) is 23.7 Å². The summed E-state index contributed by atoms with van der Waals surface area (Å²) in [5.74, 6) is 13.8. The SMILES string of the molecule is CCCCCCCCCCCCCCCCCCCCCCCCCCC#Cc1ccc(N=C(CCCC)C(CCCCCC)=Nc2ccc(C#CCCCCCCCCCCCCCCCCCCCCCCCCCC)cc2)cc1. The lowest BCUT2D eigenvalue weighted by Gasteiger charge is -2.11. The fraction of sp³-hybridized carbons (Fsp3) is 0.775. The van der Waals surface area contributed by atoms with Gasteiger partial charge in [0.05, 0.1) is 22.8 Å². The van der Waals surface area contributed by atoms with Gasteiger partial charge in [-0.25, -0.2) is 0 Å². The van der Waals surface area contributed by atoms with Crippen molar-refractivity contribution in [1.82, 2.24) is 0 Å². The van der Waals surface area contributed by atoms with Crippen LogP contribution in [0.1, 0.15) is 411 Å². The topological polar surface area (TPSA) is 24.7 Å². The Bertz CT molecular complexity index is 1830. The van der Waals surface area contributed by atoms with E-state index in [4.69, 9.17) is 9.98 Å². The Balaban J connectivity index is 1.60. The molecule has 2 nitrogen and oxygen atoms in total. The Morgan fingerprint density at radius 2 is 0.427 bits per heavy atom. The molecule has 0 radical (unpaired) electrons. The first-order chi connectivity index (χ1) is 40.7. The fourth-order valence-electron chi connectivity index (χ4n) is 11.8. The molecule has 82 heavy (non-hydrogen) atoms. The number of hydrogen-bond acceptors (Lipinski definition) is 2. The van der Waals surface area contributed by atoms with E-state index in [1.165, 1.54) is 327 Å². The molecule has 0 aliphatic carbocycles. The summed E-state index contributed by atoms with van der Waals surface area (Å²) >= 11 is 0. The summed E-state index contributed by atoms with van der Waals surface area (Å²) in [4.78, 5) is 10.6. The highest BCUT2D eigenvalue weighted by Gasteiger charge is 2.11. The second-order valence-corrected chi connectivity index (χ2v) is 25.5.